The summed E-state index contributed by atoms with van der Waals surface area (Å²) in [6, 6.07) is 38.5. The van der Waals surface area contributed by atoms with Gasteiger partial charge in [0.2, 0.25) is 0 Å². The van der Waals surface area contributed by atoms with E-state index in [1.54, 1.807) is 0 Å². The van der Waals surface area contributed by atoms with Crippen LogP contribution >= 0.6 is 0 Å². The number of aromatic nitrogens is 5. The van der Waals surface area contributed by atoms with Crippen LogP contribution in [0.2, 0.25) is 0 Å². The summed E-state index contributed by atoms with van der Waals surface area (Å²) in [5.74, 6) is 1.83. The Kier molecular flexibility index (Phi) is 4.37. The Morgan fingerprint density at radius 3 is 2.00 bits per heavy atom. The van der Waals surface area contributed by atoms with Crippen molar-refractivity contribution >= 4 is 43.7 Å². The van der Waals surface area contributed by atoms with Gasteiger partial charge in [0.15, 0.2) is 0 Å². The lowest BCUT2D eigenvalue weighted by Gasteiger charge is -2.10. The smallest absolute Gasteiger partial charge is 0.148 e. The zero-order valence-corrected chi connectivity index (χ0v) is 20.8. The third-order valence-corrected chi connectivity index (χ3v) is 7.50. The zero-order chi connectivity index (χ0) is 25.2. The molecule has 0 atom stereocenters. The molecule has 8 rings (SSSR count). The lowest BCUT2D eigenvalue weighted by atomic mass is 10.1. The van der Waals surface area contributed by atoms with Gasteiger partial charge in [-0.25, -0.2) is 9.97 Å². The molecule has 0 saturated heterocycles. The van der Waals surface area contributed by atoms with Crippen LogP contribution < -0.4 is 0 Å². The fraction of sp³-hybridized carbons (Fsp3) is 0.0303. The number of rotatable bonds is 3. The second kappa shape index (κ2) is 7.92. The third-order valence-electron chi connectivity index (χ3n) is 7.50. The number of pyridine rings is 1. The highest BCUT2D eigenvalue weighted by Gasteiger charge is 2.18. The van der Waals surface area contributed by atoms with Gasteiger partial charge >= 0.3 is 0 Å². The molecule has 0 aliphatic rings. The van der Waals surface area contributed by atoms with Crippen LogP contribution in [0.15, 0.2) is 122 Å². The van der Waals surface area contributed by atoms with Crippen molar-refractivity contribution in [1.82, 2.24) is 23.7 Å². The summed E-state index contributed by atoms with van der Waals surface area (Å²) >= 11 is 0. The zero-order valence-electron chi connectivity index (χ0n) is 20.8. The van der Waals surface area contributed by atoms with Crippen molar-refractivity contribution in [2.24, 2.45) is 7.05 Å². The molecule has 0 aliphatic heterocycles. The van der Waals surface area contributed by atoms with E-state index in [1.165, 1.54) is 16.2 Å². The van der Waals surface area contributed by atoms with Gasteiger partial charge in [-0.3, -0.25) is 9.13 Å². The van der Waals surface area contributed by atoms with Crippen LogP contribution in [0.3, 0.4) is 0 Å². The molecule has 8 aromatic rings. The minimum Gasteiger partial charge on any atom is -0.334 e. The van der Waals surface area contributed by atoms with Crippen molar-refractivity contribution < 1.29 is 0 Å². The largest absolute Gasteiger partial charge is 0.334 e. The highest BCUT2D eigenvalue weighted by molar-refractivity contribution is 6.11. The first-order chi connectivity index (χ1) is 18.8. The summed E-state index contributed by atoms with van der Waals surface area (Å²) in [5.41, 5.74) is 6.52. The quantitative estimate of drug-likeness (QED) is 0.255. The standard InChI is InChI=1S/C33H23N5/c1-36-20-19-34-32(36)22-15-16-26-24-11-5-8-14-29(24)38(30(26)21-22)31-18-17-27-25-12-6-7-13-28(25)37(33(27)35-31)23-9-3-2-4-10-23/h2-21H,1H3. The Labute approximate surface area is 218 Å². The molecule has 4 aromatic carbocycles. The summed E-state index contributed by atoms with van der Waals surface area (Å²) in [5, 5.41) is 4.75. The van der Waals surface area contributed by atoms with Crippen LogP contribution in [0.1, 0.15) is 0 Å². The highest BCUT2D eigenvalue weighted by Crippen LogP contribution is 2.36. The van der Waals surface area contributed by atoms with Gasteiger partial charge < -0.3 is 4.57 Å². The van der Waals surface area contributed by atoms with Crippen molar-refractivity contribution in [3.63, 3.8) is 0 Å². The molecule has 5 nitrogen and oxygen atoms in total. The topological polar surface area (TPSA) is 40.6 Å². The number of nitrogens with zero attached hydrogens (tertiary/aromatic N) is 5. The van der Waals surface area contributed by atoms with Crippen LogP contribution in [0.5, 0.6) is 0 Å². The van der Waals surface area contributed by atoms with E-state index >= 15 is 0 Å². The summed E-state index contributed by atoms with van der Waals surface area (Å²) in [6.45, 7) is 0. The van der Waals surface area contributed by atoms with Gasteiger partial charge in [0.05, 0.1) is 16.6 Å². The fourth-order valence-corrected chi connectivity index (χ4v) is 5.79. The van der Waals surface area contributed by atoms with Gasteiger partial charge in [-0.15, -0.1) is 0 Å². The number of hydrogen-bond donors (Lipinski definition) is 0. The predicted molar refractivity (Wildman–Crippen MR) is 155 cm³/mol. The Bertz CT molecular complexity index is 2140. The van der Waals surface area contributed by atoms with Crippen LogP contribution in [-0.2, 0) is 7.05 Å². The lowest BCUT2D eigenvalue weighted by Crippen LogP contribution is -2.01. The Balaban J connectivity index is 1.47. The second-order valence-corrected chi connectivity index (χ2v) is 9.67. The Morgan fingerprint density at radius 2 is 1.24 bits per heavy atom. The van der Waals surface area contributed by atoms with Gasteiger partial charge in [-0.2, -0.15) is 0 Å². The molecule has 0 radical (unpaired) electrons. The van der Waals surface area contributed by atoms with E-state index in [0.29, 0.717) is 0 Å². The first-order valence-corrected chi connectivity index (χ1v) is 12.7. The average Bonchev–Trinajstić information content (AvgIpc) is 3.64. The van der Waals surface area contributed by atoms with Crippen LogP contribution in [0, 0.1) is 0 Å². The number of aryl methyl sites for hydroxylation is 1. The van der Waals surface area contributed by atoms with Crippen LogP contribution in [0.25, 0.3) is 66.6 Å². The minimum absolute atomic E-state index is 0.890. The molecule has 0 N–H and O–H groups in total. The normalized spacial score (nSPS) is 11.8. The molecule has 0 fully saturated rings. The summed E-state index contributed by atoms with van der Waals surface area (Å²) in [7, 11) is 2.03. The number of fused-ring (bicyclic) bond motifs is 6. The van der Waals surface area contributed by atoms with E-state index in [1.807, 2.05) is 25.5 Å². The molecular formula is C33H23N5. The van der Waals surface area contributed by atoms with Gasteiger partial charge in [-0.05, 0) is 42.5 Å². The average molecular weight is 490 g/mol. The molecule has 5 heteroatoms. The van der Waals surface area contributed by atoms with Crippen molar-refractivity contribution in [1.29, 1.82) is 0 Å². The molecule has 0 amide bonds. The summed E-state index contributed by atoms with van der Waals surface area (Å²) in [6.07, 6.45) is 3.82. The molecule has 4 aromatic heterocycles. The van der Waals surface area contributed by atoms with E-state index in [-0.39, 0.29) is 0 Å². The molecule has 0 unspecified atom stereocenters. The molecule has 4 heterocycles. The molecule has 0 saturated carbocycles. The molecule has 0 bridgehead atoms. The SMILES string of the molecule is Cn1ccnc1-c1ccc2c3ccccc3n(-c3ccc4c5ccccc5n(-c5ccccc5)c4n3)c2c1. The summed E-state index contributed by atoms with van der Waals surface area (Å²) in [4.78, 5) is 9.94. The van der Waals surface area contributed by atoms with E-state index in [4.69, 9.17) is 4.98 Å². The van der Waals surface area contributed by atoms with Gasteiger partial charge in [-0.1, -0.05) is 66.7 Å². The van der Waals surface area contributed by atoms with Crippen molar-refractivity contribution in [3.8, 4) is 22.9 Å². The van der Waals surface area contributed by atoms with Crippen LogP contribution in [0.4, 0.5) is 0 Å². The van der Waals surface area contributed by atoms with Gasteiger partial charge in [0.1, 0.15) is 17.3 Å². The minimum atomic E-state index is 0.890. The van der Waals surface area contributed by atoms with Crippen LogP contribution in [-0.4, -0.2) is 23.7 Å². The maximum atomic E-state index is 5.35. The first kappa shape index (κ1) is 21.0. The van der Waals surface area contributed by atoms with E-state index < -0.39 is 0 Å². The lowest BCUT2D eigenvalue weighted by molar-refractivity contribution is 0.925. The monoisotopic (exact) mass is 489 g/mol. The maximum Gasteiger partial charge on any atom is 0.148 e. The van der Waals surface area contributed by atoms with E-state index in [2.05, 4.69) is 122 Å². The third kappa shape index (κ3) is 2.93. The highest BCUT2D eigenvalue weighted by atomic mass is 15.1. The number of imidazole rings is 1. The number of hydrogen-bond acceptors (Lipinski definition) is 2. The number of benzene rings is 4. The van der Waals surface area contributed by atoms with Crippen molar-refractivity contribution in [2.75, 3.05) is 0 Å². The van der Waals surface area contributed by atoms with Gasteiger partial charge in [0, 0.05) is 52.2 Å². The van der Waals surface area contributed by atoms with Crippen molar-refractivity contribution in [2.45, 2.75) is 0 Å². The molecule has 0 aliphatic carbocycles. The molecule has 38 heavy (non-hydrogen) atoms. The second-order valence-electron chi connectivity index (χ2n) is 9.67. The fourth-order valence-electron chi connectivity index (χ4n) is 5.79. The molecular weight excluding hydrogens is 466 g/mol. The Morgan fingerprint density at radius 1 is 0.579 bits per heavy atom. The van der Waals surface area contributed by atoms with E-state index in [0.717, 1.165) is 50.5 Å². The predicted octanol–water partition coefficient (Wildman–Crippen LogP) is 7.68. The Hall–Kier alpha value is -5.16. The molecule has 180 valence electrons. The van der Waals surface area contributed by atoms with Crippen molar-refractivity contribution in [3.05, 3.63) is 122 Å². The van der Waals surface area contributed by atoms with E-state index in [9.17, 15) is 0 Å². The number of para-hydroxylation sites is 3. The summed E-state index contributed by atoms with van der Waals surface area (Å²) < 4.78 is 6.60. The molecule has 0 spiro atoms. The first-order valence-electron chi connectivity index (χ1n) is 12.7. The maximum absolute atomic E-state index is 5.35. The van der Waals surface area contributed by atoms with Gasteiger partial charge in [0.25, 0.3) is 0 Å².